The lowest BCUT2D eigenvalue weighted by Gasteiger charge is -2.33. The maximum atomic E-state index is 12.7. The number of ether oxygens (including phenoxy) is 1. The molecule has 4 rings (SSSR count). The van der Waals surface area contributed by atoms with Gasteiger partial charge in [0, 0.05) is 39.4 Å². The van der Waals surface area contributed by atoms with Gasteiger partial charge in [0.1, 0.15) is 11.3 Å². The van der Waals surface area contributed by atoms with Gasteiger partial charge in [0.25, 0.3) is 5.91 Å². The minimum Gasteiger partial charge on any atom is -0.494 e. The molecule has 1 aliphatic heterocycles. The summed E-state index contributed by atoms with van der Waals surface area (Å²) in [7, 11) is 5.37. The number of piperidine rings is 1. The van der Waals surface area contributed by atoms with Crippen LogP contribution in [-0.4, -0.2) is 59.4 Å². The number of thiazole rings is 1. The Balaban J connectivity index is 1.38. The number of aromatic nitrogens is 3. The van der Waals surface area contributed by atoms with Crippen LogP contribution >= 0.6 is 22.9 Å². The van der Waals surface area contributed by atoms with E-state index in [1.54, 1.807) is 28.0 Å². The van der Waals surface area contributed by atoms with Gasteiger partial charge in [-0.05, 0) is 43.9 Å². The van der Waals surface area contributed by atoms with Crippen LogP contribution in [-0.2, 0) is 7.05 Å². The maximum absolute atomic E-state index is 12.7. The van der Waals surface area contributed by atoms with Gasteiger partial charge >= 0.3 is 0 Å². The number of carbonyl (C=O) groups is 1. The van der Waals surface area contributed by atoms with Gasteiger partial charge in [0.2, 0.25) is 0 Å². The van der Waals surface area contributed by atoms with E-state index in [1.165, 1.54) is 0 Å². The first-order valence-electron chi connectivity index (χ1n) is 10.0. The molecular weight excluding hydrogens is 422 g/mol. The lowest BCUT2D eigenvalue weighted by molar-refractivity contribution is 0.0758. The van der Waals surface area contributed by atoms with Crippen molar-refractivity contribution in [1.29, 1.82) is 0 Å². The molecule has 1 aliphatic rings. The highest BCUT2D eigenvalue weighted by molar-refractivity contribution is 7.22. The van der Waals surface area contributed by atoms with Gasteiger partial charge < -0.3 is 14.5 Å². The van der Waals surface area contributed by atoms with Gasteiger partial charge in [-0.15, -0.1) is 0 Å². The van der Waals surface area contributed by atoms with Crippen molar-refractivity contribution in [3.8, 4) is 5.75 Å². The predicted octanol–water partition coefficient (Wildman–Crippen LogP) is 3.99. The number of amides is 1. The van der Waals surface area contributed by atoms with Crippen LogP contribution in [0.3, 0.4) is 0 Å². The molecule has 30 heavy (non-hydrogen) atoms. The van der Waals surface area contributed by atoms with Crippen LogP contribution in [0.4, 0.5) is 5.13 Å². The Morgan fingerprint density at radius 3 is 2.73 bits per heavy atom. The van der Waals surface area contributed by atoms with Crippen molar-refractivity contribution >= 4 is 44.2 Å². The molecule has 1 fully saturated rings. The van der Waals surface area contributed by atoms with Crippen molar-refractivity contribution in [1.82, 2.24) is 19.7 Å². The van der Waals surface area contributed by atoms with Gasteiger partial charge in [-0.25, -0.2) is 4.98 Å². The monoisotopic (exact) mass is 447 g/mol. The Bertz CT molecular complexity index is 1050. The summed E-state index contributed by atoms with van der Waals surface area (Å²) in [5.41, 5.74) is 2.31. The number of nitrogens with zero attached hydrogens (tertiary/aromatic N) is 5. The molecule has 0 N–H and O–H groups in total. The molecule has 2 aromatic heterocycles. The highest BCUT2D eigenvalue weighted by Gasteiger charge is 2.26. The summed E-state index contributed by atoms with van der Waals surface area (Å²) in [5, 5.41) is 5.99. The van der Waals surface area contributed by atoms with Gasteiger partial charge in [0.05, 0.1) is 16.8 Å². The first-order chi connectivity index (χ1) is 14.4. The molecule has 1 aromatic carbocycles. The smallest absolute Gasteiger partial charge is 0.274 e. The van der Waals surface area contributed by atoms with E-state index in [4.69, 9.17) is 21.3 Å². The van der Waals surface area contributed by atoms with Gasteiger partial charge in [-0.3, -0.25) is 9.48 Å². The van der Waals surface area contributed by atoms with Crippen LogP contribution < -0.4 is 9.64 Å². The number of hydrogen-bond acceptors (Lipinski definition) is 6. The summed E-state index contributed by atoms with van der Waals surface area (Å²) in [6.45, 7) is 4.51. The van der Waals surface area contributed by atoms with Crippen LogP contribution in [0.2, 0.25) is 5.02 Å². The second kappa shape index (κ2) is 8.43. The zero-order valence-electron chi connectivity index (χ0n) is 17.7. The Hall–Kier alpha value is -2.32. The molecule has 0 unspecified atom stereocenters. The molecule has 3 aromatic rings. The molecule has 3 heterocycles. The van der Waals surface area contributed by atoms with Crippen molar-refractivity contribution in [2.45, 2.75) is 19.8 Å². The van der Waals surface area contributed by atoms with Crippen LogP contribution in [0.15, 0.2) is 18.2 Å². The fraction of sp³-hybridized carbons (Fsp3) is 0.476. The van der Waals surface area contributed by atoms with Crippen molar-refractivity contribution in [2.75, 3.05) is 38.7 Å². The number of anilines is 1. The zero-order valence-corrected chi connectivity index (χ0v) is 19.3. The molecule has 0 spiro atoms. The summed E-state index contributed by atoms with van der Waals surface area (Å²) in [4.78, 5) is 21.6. The number of carbonyl (C=O) groups excluding carboxylic acids is 1. The first kappa shape index (κ1) is 20.9. The third-order valence-electron chi connectivity index (χ3n) is 5.76. The number of fused-ring (bicyclic) bond motifs is 1. The molecule has 9 heteroatoms. The molecule has 1 saturated heterocycles. The number of aryl methyl sites for hydroxylation is 2. The van der Waals surface area contributed by atoms with E-state index in [-0.39, 0.29) is 5.91 Å². The summed E-state index contributed by atoms with van der Waals surface area (Å²) in [6.07, 6.45) is 2.03. The maximum Gasteiger partial charge on any atom is 0.274 e. The third-order valence-corrected chi connectivity index (χ3v) is 7.34. The van der Waals surface area contributed by atoms with Crippen molar-refractivity contribution in [3.63, 3.8) is 0 Å². The van der Waals surface area contributed by atoms with E-state index in [2.05, 4.69) is 10.00 Å². The Kier molecular flexibility index (Phi) is 5.88. The van der Waals surface area contributed by atoms with E-state index in [0.29, 0.717) is 16.6 Å². The van der Waals surface area contributed by atoms with Crippen molar-refractivity contribution in [2.24, 2.45) is 13.0 Å². The largest absolute Gasteiger partial charge is 0.494 e. The summed E-state index contributed by atoms with van der Waals surface area (Å²) >= 11 is 7.97. The van der Waals surface area contributed by atoms with E-state index in [0.717, 1.165) is 59.3 Å². The summed E-state index contributed by atoms with van der Waals surface area (Å²) in [6, 6.07) is 5.55. The molecule has 160 valence electrons. The van der Waals surface area contributed by atoms with Crippen LogP contribution in [0.5, 0.6) is 5.75 Å². The second-order valence-corrected chi connectivity index (χ2v) is 9.22. The second-order valence-electron chi connectivity index (χ2n) is 7.83. The number of benzene rings is 1. The fourth-order valence-corrected chi connectivity index (χ4v) is 5.19. The topological polar surface area (TPSA) is 63.5 Å². The lowest BCUT2D eigenvalue weighted by Crippen LogP contribution is -2.39. The Labute approximate surface area is 185 Å². The molecule has 0 saturated carbocycles. The van der Waals surface area contributed by atoms with Crippen LogP contribution in [0.25, 0.3) is 10.2 Å². The number of rotatable bonds is 5. The quantitative estimate of drug-likeness (QED) is 0.591. The molecule has 0 radical (unpaired) electrons. The van der Waals surface area contributed by atoms with Crippen LogP contribution in [0, 0.1) is 12.8 Å². The van der Waals surface area contributed by atoms with Crippen molar-refractivity contribution < 1.29 is 9.53 Å². The average Bonchev–Trinajstić information content (AvgIpc) is 3.33. The number of hydrogen-bond donors (Lipinski definition) is 0. The molecule has 0 bridgehead atoms. The van der Waals surface area contributed by atoms with E-state index in [9.17, 15) is 4.79 Å². The molecule has 0 aliphatic carbocycles. The van der Waals surface area contributed by atoms with E-state index in [1.807, 2.05) is 39.2 Å². The normalized spacial score (nSPS) is 15.0. The SMILES string of the molecule is COc1ccc(Cl)c2sc(N3CCC(CN(C)C(=O)c4cc(C)n(C)n4)CC3)nc12. The average molecular weight is 448 g/mol. The molecule has 7 nitrogen and oxygen atoms in total. The fourth-order valence-electron chi connectivity index (χ4n) is 3.88. The van der Waals surface area contributed by atoms with Gasteiger partial charge in [0.15, 0.2) is 10.8 Å². The standard InChI is InChI=1S/C21H26ClN5O2S/c1-13-11-16(24-26(13)3)20(28)25(2)12-14-7-9-27(10-8-14)21-23-18-17(29-4)6-5-15(22)19(18)30-21/h5-6,11,14H,7-10,12H2,1-4H3. The number of methoxy groups -OCH3 is 1. The number of halogens is 1. The lowest BCUT2D eigenvalue weighted by atomic mass is 9.96. The van der Waals surface area contributed by atoms with E-state index >= 15 is 0 Å². The summed E-state index contributed by atoms with van der Waals surface area (Å²) in [5.74, 6) is 1.19. The van der Waals surface area contributed by atoms with Gasteiger partial charge in [-0.2, -0.15) is 5.10 Å². The molecular formula is C21H26ClN5O2S. The highest BCUT2D eigenvalue weighted by atomic mass is 35.5. The Morgan fingerprint density at radius 2 is 2.10 bits per heavy atom. The van der Waals surface area contributed by atoms with E-state index < -0.39 is 0 Å². The molecule has 1 amide bonds. The predicted molar refractivity (Wildman–Crippen MR) is 121 cm³/mol. The van der Waals surface area contributed by atoms with Crippen LogP contribution in [0.1, 0.15) is 29.0 Å². The van der Waals surface area contributed by atoms with Crippen molar-refractivity contribution in [3.05, 3.63) is 34.6 Å². The first-order valence-corrected chi connectivity index (χ1v) is 11.2. The zero-order chi connectivity index (χ0) is 21.4. The minimum absolute atomic E-state index is 0.0194. The highest BCUT2D eigenvalue weighted by Crippen LogP contribution is 2.39. The van der Waals surface area contributed by atoms with Gasteiger partial charge in [-0.1, -0.05) is 22.9 Å². The molecule has 0 atom stereocenters. The summed E-state index contributed by atoms with van der Waals surface area (Å²) < 4.78 is 8.13. The third kappa shape index (κ3) is 3.98. The Morgan fingerprint density at radius 1 is 1.37 bits per heavy atom. The minimum atomic E-state index is -0.0194.